The van der Waals surface area contributed by atoms with Crippen molar-refractivity contribution in [3.8, 4) is 22.6 Å². The first-order chi connectivity index (χ1) is 17.9. The van der Waals surface area contributed by atoms with Gasteiger partial charge in [0, 0.05) is 54.6 Å². The van der Waals surface area contributed by atoms with Gasteiger partial charge in [0.25, 0.3) is 0 Å². The fourth-order valence-corrected chi connectivity index (χ4v) is 4.64. The quantitative estimate of drug-likeness (QED) is 0.0883. The van der Waals surface area contributed by atoms with Gasteiger partial charge in [0.05, 0.1) is 5.76 Å². The van der Waals surface area contributed by atoms with E-state index in [9.17, 15) is 4.79 Å². The summed E-state index contributed by atoms with van der Waals surface area (Å²) in [7, 11) is 0. The van der Waals surface area contributed by atoms with Crippen LogP contribution in [0.3, 0.4) is 0 Å². The molecule has 0 unspecified atom stereocenters. The maximum atomic E-state index is 10.0. The van der Waals surface area contributed by atoms with Gasteiger partial charge in [-0.15, -0.1) is 17.5 Å². The molecule has 0 fully saturated rings. The number of aliphatic hydroxyl groups is 1. The minimum absolute atomic E-state index is 0. The fourth-order valence-electron chi connectivity index (χ4n) is 4.64. The van der Waals surface area contributed by atoms with Crippen molar-refractivity contribution in [1.29, 1.82) is 0 Å². The number of aromatic nitrogens is 1. The Morgan fingerprint density at radius 3 is 2.13 bits per heavy atom. The van der Waals surface area contributed by atoms with Crippen molar-refractivity contribution < 1.29 is 34.4 Å². The molecule has 6 rings (SSSR count). The zero-order valence-corrected chi connectivity index (χ0v) is 23.7. The van der Waals surface area contributed by atoms with Gasteiger partial charge in [-0.05, 0) is 26.8 Å². The Labute approximate surface area is 235 Å². The van der Waals surface area contributed by atoms with E-state index in [2.05, 4.69) is 73.7 Å². The van der Waals surface area contributed by atoms with Gasteiger partial charge in [0.15, 0.2) is 5.78 Å². The number of allylic oxidation sites excluding steroid dienone is 2. The number of hydrogen-bond acceptors (Lipinski definition) is 4. The molecule has 2 aromatic heterocycles. The number of aliphatic hydroxyl groups excluding tert-OH is 1. The molecule has 1 radical (unpaired) electrons. The summed E-state index contributed by atoms with van der Waals surface area (Å²) in [5.41, 5.74) is 4.82. The van der Waals surface area contributed by atoms with Crippen molar-refractivity contribution in [2.75, 3.05) is 0 Å². The van der Waals surface area contributed by atoms with E-state index >= 15 is 0 Å². The summed E-state index contributed by atoms with van der Waals surface area (Å²) < 4.78 is 6.45. The largest absolute Gasteiger partial charge is 0.512 e. The molecule has 38 heavy (non-hydrogen) atoms. The van der Waals surface area contributed by atoms with Gasteiger partial charge in [-0.3, -0.25) is 9.78 Å². The number of fused-ring (bicyclic) bond motifs is 4. The molecule has 0 aliphatic carbocycles. The van der Waals surface area contributed by atoms with Crippen molar-refractivity contribution in [1.82, 2.24) is 4.98 Å². The van der Waals surface area contributed by atoms with E-state index in [0.717, 1.165) is 49.9 Å². The molecule has 191 valence electrons. The van der Waals surface area contributed by atoms with Crippen LogP contribution in [0.25, 0.3) is 55.1 Å². The van der Waals surface area contributed by atoms with Crippen LogP contribution in [-0.4, -0.2) is 15.9 Å². The van der Waals surface area contributed by atoms with Crippen LogP contribution in [0.1, 0.15) is 19.4 Å². The van der Waals surface area contributed by atoms with Gasteiger partial charge < -0.3 is 9.52 Å². The van der Waals surface area contributed by atoms with Crippen LogP contribution in [0, 0.1) is 13.0 Å². The predicted molar refractivity (Wildman–Crippen MR) is 151 cm³/mol. The number of rotatable bonds is 3. The van der Waals surface area contributed by atoms with Crippen molar-refractivity contribution >= 4 is 38.3 Å². The molecule has 2 heterocycles. The van der Waals surface area contributed by atoms with Crippen LogP contribution in [-0.2, 0) is 24.9 Å². The van der Waals surface area contributed by atoms with Crippen LogP contribution in [0.15, 0.2) is 107 Å². The third-order valence-electron chi connectivity index (χ3n) is 6.21. The van der Waals surface area contributed by atoms with Gasteiger partial charge >= 0.3 is 0 Å². The van der Waals surface area contributed by atoms with Crippen LogP contribution >= 0.6 is 0 Å². The molecule has 0 atom stereocenters. The molecular weight excluding hydrogens is 651 g/mol. The van der Waals surface area contributed by atoms with Crippen LogP contribution in [0.2, 0.25) is 0 Å². The number of pyridine rings is 1. The number of ketones is 1. The van der Waals surface area contributed by atoms with Crippen molar-refractivity contribution in [2.24, 2.45) is 0 Å². The van der Waals surface area contributed by atoms with E-state index in [1.165, 1.54) is 30.7 Å². The SMILES string of the molecule is CC(=O)/C=C(/C)O.Cc1c(-c2ccccc2)oc2c(-c3[c-]c4ccccc4c4ccccc34)nccc12.[Ir]. The van der Waals surface area contributed by atoms with Crippen molar-refractivity contribution in [2.45, 2.75) is 20.8 Å². The summed E-state index contributed by atoms with van der Waals surface area (Å²) in [5, 5.41) is 14.1. The van der Waals surface area contributed by atoms with E-state index < -0.39 is 0 Å². The minimum Gasteiger partial charge on any atom is -0.512 e. The Morgan fingerprint density at radius 1 is 0.842 bits per heavy atom. The normalized spacial score (nSPS) is 11.2. The summed E-state index contributed by atoms with van der Waals surface area (Å²) in [6, 6.07) is 32.7. The molecule has 4 nitrogen and oxygen atoms in total. The smallest absolute Gasteiger partial charge is 0.155 e. The van der Waals surface area contributed by atoms with Gasteiger partial charge in [0.1, 0.15) is 11.3 Å². The molecule has 4 aromatic carbocycles. The maximum absolute atomic E-state index is 10.0. The molecule has 0 amide bonds. The zero-order valence-electron chi connectivity index (χ0n) is 21.3. The molecule has 5 heteroatoms. The second-order valence-corrected chi connectivity index (χ2v) is 8.95. The number of benzene rings is 4. The minimum atomic E-state index is -0.125. The first-order valence-corrected chi connectivity index (χ1v) is 12.1. The van der Waals surface area contributed by atoms with E-state index in [4.69, 9.17) is 14.5 Å². The Hall–Kier alpha value is -4.05. The van der Waals surface area contributed by atoms with Crippen LogP contribution in [0.4, 0.5) is 0 Å². The second kappa shape index (κ2) is 11.6. The number of carbonyl (C=O) groups excluding carboxylic acids is 1. The summed E-state index contributed by atoms with van der Waals surface area (Å²) in [6.07, 6.45) is 3.03. The summed E-state index contributed by atoms with van der Waals surface area (Å²) in [5.74, 6) is 0.831. The monoisotopic (exact) mass is 677 g/mol. The third-order valence-corrected chi connectivity index (χ3v) is 6.21. The third kappa shape index (κ3) is 5.31. The Kier molecular flexibility index (Phi) is 8.21. The Bertz CT molecular complexity index is 1780. The fraction of sp³-hybridized carbons (Fsp3) is 0.0909. The zero-order chi connectivity index (χ0) is 25.9. The standard InChI is InChI=1S/C28H18NO.C5H8O2.Ir/c1-18-21-15-16-29-26(28(21)30-27(18)19-9-3-2-4-10-19)25-17-20-11-5-6-12-22(20)23-13-7-8-14-24(23)25;1-4(6)3-5(2)7;/h2-16H,1H3;3,6H,1-2H3;/q-1;;/b;4-3-;. The first kappa shape index (κ1) is 27.0. The number of nitrogens with zero attached hydrogens (tertiary/aromatic N) is 1. The maximum Gasteiger partial charge on any atom is 0.155 e. The number of furan rings is 1. The van der Waals surface area contributed by atoms with Crippen LogP contribution < -0.4 is 0 Å². The van der Waals surface area contributed by atoms with E-state index in [0.29, 0.717) is 0 Å². The molecule has 0 aliphatic heterocycles. The number of aryl methyl sites for hydroxylation is 1. The molecule has 0 bridgehead atoms. The van der Waals surface area contributed by atoms with Gasteiger partial charge in [-0.2, -0.15) is 0 Å². The van der Waals surface area contributed by atoms with Crippen molar-refractivity contribution in [3.05, 3.63) is 115 Å². The average molecular weight is 677 g/mol. The van der Waals surface area contributed by atoms with E-state index in [-0.39, 0.29) is 31.6 Å². The van der Waals surface area contributed by atoms with Gasteiger partial charge in [0.2, 0.25) is 0 Å². The Morgan fingerprint density at radius 2 is 1.47 bits per heavy atom. The molecule has 1 N–H and O–H groups in total. The average Bonchev–Trinajstić information content (AvgIpc) is 3.25. The molecular formula is C33H26IrNO3-. The molecule has 0 spiro atoms. The number of hydrogen-bond donors (Lipinski definition) is 1. The summed E-state index contributed by atoms with van der Waals surface area (Å²) in [6.45, 7) is 4.96. The van der Waals surface area contributed by atoms with E-state index in [1.54, 1.807) is 0 Å². The number of carbonyl (C=O) groups is 1. The summed E-state index contributed by atoms with van der Waals surface area (Å²) >= 11 is 0. The molecule has 0 saturated carbocycles. The first-order valence-electron chi connectivity index (χ1n) is 12.1. The molecule has 0 aliphatic rings. The molecule has 0 saturated heterocycles. The molecule has 6 aromatic rings. The van der Waals surface area contributed by atoms with Gasteiger partial charge in [-0.25, -0.2) is 0 Å². The topological polar surface area (TPSA) is 63.3 Å². The van der Waals surface area contributed by atoms with Gasteiger partial charge in [-0.1, -0.05) is 94.5 Å². The van der Waals surface area contributed by atoms with Crippen LogP contribution in [0.5, 0.6) is 0 Å². The van der Waals surface area contributed by atoms with E-state index in [1.807, 2.05) is 30.5 Å². The predicted octanol–water partition coefficient (Wildman–Crippen LogP) is 8.61. The van der Waals surface area contributed by atoms with Crippen molar-refractivity contribution in [3.63, 3.8) is 0 Å². The second-order valence-electron chi connectivity index (χ2n) is 8.95. The Balaban J connectivity index is 0.000000375. The summed E-state index contributed by atoms with van der Waals surface area (Å²) in [4.78, 5) is 14.8.